The molecule has 0 saturated carbocycles. The van der Waals surface area contributed by atoms with Crippen LogP contribution in [0.5, 0.6) is 0 Å². The summed E-state index contributed by atoms with van der Waals surface area (Å²) in [5.74, 6) is -0.133. The second-order valence-electron chi connectivity index (χ2n) is 6.36. The second kappa shape index (κ2) is 6.74. The van der Waals surface area contributed by atoms with E-state index >= 15 is 0 Å². The fraction of sp³-hybridized carbons (Fsp3) is 0.529. The van der Waals surface area contributed by atoms with Gasteiger partial charge in [-0.2, -0.15) is 0 Å². The van der Waals surface area contributed by atoms with E-state index in [1.54, 1.807) is 0 Å². The van der Waals surface area contributed by atoms with E-state index < -0.39 is 0 Å². The SMILES string of the molecule is CSc1nc(C(=O)NC[C@H]2CN3CCC[C@H]3CO2)c2ccccn12. The normalized spacial score (nSPS) is 24.2. The number of amides is 1. The van der Waals surface area contributed by atoms with E-state index in [0.29, 0.717) is 18.3 Å². The van der Waals surface area contributed by atoms with E-state index in [-0.39, 0.29) is 12.0 Å². The maximum absolute atomic E-state index is 12.6. The predicted molar refractivity (Wildman–Crippen MR) is 93.6 cm³/mol. The molecule has 2 aliphatic rings. The first-order valence-electron chi connectivity index (χ1n) is 8.41. The van der Waals surface area contributed by atoms with Crippen LogP contribution >= 0.6 is 11.8 Å². The van der Waals surface area contributed by atoms with Gasteiger partial charge >= 0.3 is 0 Å². The monoisotopic (exact) mass is 346 g/mol. The quantitative estimate of drug-likeness (QED) is 0.853. The number of pyridine rings is 1. The standard InChI is InChI=1S/C17H22N4O2S/c1-24-17-19-15(14-6-2-3-8-21(14)17)16(22)18-9-13-10-20-7-4-5-12(20)11-23-13/h2-3,6,8,12-13H,4-5,7,9-11H2,1H3,(H,18,22)/t12-,13-/m0/s1. The van der Waals surface area contributed by atoms with Gasteiger partial charge in [-0.1, -0.05) is 17.8 Å². The average Bonchev–Trinajstić information content (AvgIpc) is 3.23. The minimum Gasteiger partial charge on any atom is -0.373 e. The molecule has 2 aromatic rings. The molecule has 7 heteroatoms. The zero-order valence-electron chi connectivity index (χ0n) is 13.8. The van der Waals surface area contributed by atoms with Crippen LogP contribution in [0.3, 0.4) is 0 Å². The van der Waals surface area contributed by atoms with Gasteiger partial charge in [-0.25, -0.2) is 4.98 Å². The number of carbonyl (C=O) groups is 1. The number of carbonyl (C=O) groups excluding carboxylic acids is 1. The van der Waals surface area contributed by atoms with Crippen LogP contribution in [0.4, 0.5) is 0 Å². The van der Waals surface area contributed by atoms with E-state index in [9.17, 15) is 4.79 Å². The molecule has 2 atom stereocenters. The van der Waals surface area contributed by atoms with Crippen molar-refractivity contribution in [1.29, 1.82) is 0 Å². The number of nitrogens with zero attached hydrogens (tertiary/aromatic N) is 3. The van der Waals surface area contributed by atoms with E-state index in [0.717, 1.165) is 30.4 Å². The predicted octanol–water partition coefficient (Wildman–Crippen LogP) is 1.65. The number of rotatable bonds is 4. The van der Waals surface area contributed by atoms with Crippen LogP contribution in [0, 0.1) is 0 Å². The lowest BCUT2D eigenvalue weighted by Gasteiger charge is -2.35. The van der Waals surface area contributed by atoms with Gasteiger partial charge < -0.3 is 10.1 Å². The van der Waals surface area contributed by atoms with E-state index in [1.165, 1.54) is 24.6 Å². The van der Waals surface area contributed by atoms with Crippen molar-refractivity contribution in [3.8, 4) is 0 Å². The molecule has 0 aliphatic carbocycles. The summed E-state index contributed by atoms with van der Waals surface area (Å²) in [7, 11) is 0. The van der Waals surface area contributed by atoms with Gasteiger partial charge in [0, 0.05) is 25.3 Å². The molecule has 2 fully saturated rings. The van der Waals surface area contributed by atoms with Crippen molar-refractivity contribution in [3.63, 3.8) is 0 Å². The topological polar surface area (TPSA) is 58.9 Å². The zero-order valence-corrected chi connectivity index (χ0v) is 14.6. The van der Waals surface area contributed by atoms with Crippen LogP contribution in [0.15, 0.2) is 29.6 Å². The van der Waals surface area contributed by atoms with Crippen LogP contribution in [0.25, 0.3) is 5.52 Å². The number of hydrogen-bond acceptors (Lipinski definition) is 5. The van der Waals surface area contributed by atoms with Crippen LogP contribution in [-0.2, 0) is 4.74 Å². The summed E-state index contributed by atoms with van der Waals surface area (Å²) in [4.78, 5) is 19.6. The molecule has 24 heavy (non-hydrogen) atoms. The van der Waals surface area contributed by atoms with Gasteiger partial charge in [-0.3, -0.25) is 14.1 Å². The number of nitrogens with one attached hydrogen (secondary N) is 1. The summed E-state index contributed by atoms with van der Waals surface area (Å²) in [6.07, 6.45) is 6.45. The van der Waals surface area contributed by atoms with Crippen LogP contribution < -0.4 is 5.32 Å². The van der Waals surface area contributed by atoms with Crippen molar-refractivity contribution >= 4 is 23.2 Å². The highest BCUT2D eigenvalue weighted by Gasteiger charge is 2.32. The van der Waals surface area contributed by atoms with Crippen molar-refractivity contribution in [3.05, 3.63) is 30.1 Å². The molecule has 6 nitrogen and oxygen atoms in total. The van der Waals surface area contributed by atoms with E-state index in [2.05, 4.69) is 15.2 Å². The minimum absolute atomic E-state index is 0.0669. The maximum atomic E-state index is 12.6. The third-order valence-electron chi connectivity index (χ3n) is 4.87. The molecule has 0 spiro atoms. The number of aromatic nitrogens is 2. The van der Waals surface area contributed by atoms with Gasteiger partial charge in [-0.15, -0.1) is 0 Å². The molecule has 0 bridgehead atoms. The fourth-order valence-electron chi connectivity index (χ4n) is 3.62. The van der Waals surface area contributed by atoms with Crippen molar-refractivity contribution in [2.75, 3.05) is 32.5 Å². The molecule has 0 aromatic carbocycles. The highest BCUT2D eigenvalue weighted by Crippen LogP contribution is 2.23. The highest BCUT2D eigenvalue weighted by molar-refractivity contribution is 7.98. The summed E-state index contributed by atoms with van der Waals surface area (Å²) in [6, 6.07) is 6.37. The lowest BCUT2D eigenvalue weighted by Crippen LogP contribution is -2.50. The molecule has 128 valence electrons. The molecular formula is C17H22N4O2S. The first-order valence-corrected chi connectivity index (χ1v) is 9.63. The van der Waals surface area contributed by atoms with Crippen molar-refractivity contribution in [2.24, 2.45) is 0 Å². The highest BCUT2D eigenvalue weighted by atomic mass is 32.2. The third kappa shape index (κ3) is 2.92. The number of morpholine rings is 1. The number of imidazole rings is 1. The molecule has 4 heterocycles. The van der Waals surface area contributed by atoms with Crippen molar-refractivity contribution < 1.29 is 9.53 Å². The van der Waals surface area contributed by atoms with Gasteiger partial charge in [0.25, 0.3) is 5.91 Å². The fourth-order valence-corrected chi connectivity index (χ4v) is 4.16. The molecular weight excluding hydrogens is 324 g/mol. The Morgan fingerprint density at radius 1 is 1.50 bits per heavy atom. The summed E-state index contributed by atoms with van der Waals surface area (Å²) >= 11 is 1.53. The van der Waals surface area contributed by atoms with Gasteiger partial charge in [-0.05, 0) is 37.8 Å². The zero-order chi connectivity index (χ0) is 16.5. The smallest absolute Gasteiger partial charge is 0.272 e. The summed E-state index contributed by atoms with van der Waals surface area (Å²) < 4.78 is 7.86. The van der Waals surface area contributed by atoms with Gasteiger partial charge in [0.05, 0.1) is 18.2 Å². The summed E-state index contributed by atoms with van der Waals surface area (Å²) in [6.45, 7) is 3.37. The number of hydrogen-bond donors (Lipinski definition) is 1. The van der Waals surface area contributed by atoms with Gasteiger partial charge in [0.1, 0.15) is 0 Å². The Balaban J connectivity index is 1.43. The van der Waals surface area contributed by atoms with Gasteiger partial charge in [0.15, 0.2) is 10.9 Å². The number of thioether (sulfide) groups is 1. The third-order valence-corrected chi connectivity index (χ3v) is 5.52. The summed E-state index contributed by atoms with van der Waals surface area (Å²) in [5.41, 5.74) is 1.32. The lowest BCUT2D eigenvalue weighted by molar-refractivity contribution is -0.0461. The number of fused-ring (bicyclic) bond motifs is 2. The number of ether oxygens (including phenoxy) is 1. The molecule has 0 radical (unpaired) electrons. The van der Waals surface area contributed by atoms with Crippen molar-refractivity contribution in [2.45, 2.75) is 30.1 Å². The van der Waals surface area contributed by atoms with E-state index in [4.69, 9.17) is 4.74 Å². The Labute approximate surface area is 145 Å². The van der Waals surface area contributed by atoms with E-state index in [1.807, 2.05) is 35.1 Å². The Hall–Kier alpha value is -1.57. The Morgan fingerprint density at radius 2 is 2.42 bits per heavy atom. The first-order chi connectivity index (χ1) is 11.8. The lowest BCUT2D eigenvalue weighted by atomic mass is 10.2. The molecule has 1 amide bonds. The maximum Gasteiger partial charge on any atom is 0.272 e. The Morgan fingerprint density at radius 3 is 3.29 bits per heavy atom. The Bertz CT molecular complexity index is 747. The van der Waals surface area contributed by atoms with Crippen molar-refractivity contribution in [1.82, 2.24) is 19.6 Å². The summed E-state index contributed by atoms with van der Waals surface area (Å²) in [5, 5.41) is 3.83. The van der Waals surface area contributed by atoms with Crippen LogP contribution in [0.1, 0.15) is 23.3 Å². The molecule has 2 saturated heterocycles. The molecule has 0 unspecified atom stereocenters. The van der Waals surface area contributed by atoms with Crippen LogP contribution in [0.2, 0.25) is 0 Å². The molecule has 4 rings (SSSR count). The van der Waals surface area contributed by atoms with Gasteiger partial charge in [0.2, 0.25) is 0 Å². The average molecular weight is 346 g/mol. The Kier molecular flexibility index (Phi) is 4.47. The molecule has 1 N–H and O–H groups in total. The molecule has 2 aliphatic heterocycles. The molecule has 2 aromatic heterocycles. The first kappa shape index (κ1) is 15.9. The minimum atomic E-state index is -0.133. The largest absolute Gasteiger partial charge is 0.373 e. The second-order valence-corrected chi connectivity index (χ2v) is 7.13. The van der Waals surface area contributed by atoms with Crippen LogP contribution in [-0.4, -0.2) is 64.8 Å².